The molecule has 1 aromatic heterocycles. The molecule has 5 heteroatoms. The third-order valence-electron chi connectivity index (χ3n) is 5.91. The number of carbonyl (C=O) groups excluding carboxylic acids is 1. The van der Waals surface area contributed by atoms with Gasteiger partial charge < -0.3 is 15.8 Å². The lowest BCUT2D eigenvalue weighted by Gasteiger charge is -2.65. The van der Waals surface area contributed by atoms with E-state index in [4.69, 9.17) is 10.5 Å². The van der Waals surface area contributed by atoms with Crippen molar-refractivity contribution in [3.05, 3.63) is 36.5 Å². The lowest BCUT2D eigenvalue weighted by molar-refractivity contribution is -0.222. The number of nitrogens with two attached hydrogens (primary N) is 1. The van der Waals surface area contributed by atoms with Crippen LogP contribution in [0.25, 0.3) is 10.9 Å². The highest BCUT2D eigenvalue weighted by molar-refractivity contribution is 6.01. The fraction of sp³-hybridized carbons (Fsp3) is 0.474. The average molecular weight is 325 g/mol. The number of anilines is 1. The van der Waals surface area contributed by atoms with Crippen LogP contribution in [0.2, 0.25) is 0 Å². The Hall–Kier alpha value is -1.98. The van der Waals surface area contributed by atoms with Crippen molar-refractivity contribution in [2.45, 2.75) is 38.3 Å². The first kappa shape index (κ1) is 15.5. The van der Waals surface area contributed by atoms with Crippen molar-refractivity contribution < 1.29 is 9.53 Å². The molecule has 1 amide bonds. The van der Waals surface area contributed by atoms with Gasteiger partial charge in [0.05, 0.1) is 23.5 Å². The molecule has 3 N–H and O–H groups in total. The molecule has 2 aliphatic rings. The molecule has 3 unspecified atom stereocenters. The molecule has 1 saturated carbocycles. The smallest absolute Gasteiger partial charge is 0.245 e. The molecule has 0 bridgehead atoms. The van der Waals surface area contributed by atoms with Gasteiger partial charge in [0.25, 0.3) is 0 Å². The molecule has 3 atom stereocenters. The summed E-state index contributed by atoms with van der Waals surface area (Å²) in [5.41, 5.74) is 6.92. The van der Waals surface area contributed by atoms with Gasteiger partial charge in [0.1, 0.15) is 5.54 Å². The summed E-state index contributed by atoms with van der Waals surface area (Å²) in [6.07, 6.45) is 3.65. The van der Waals surface area contributed by atoms with Crippen molar-refractivity contribution in [1.82, 2.24) is 4.98 Å². The largest absolute Gasteiger partial charge is 0.377 e. The van der Waals surface area contributed by atoms with Gasteiger partial charge in [-0.3, -0.25) is 9.78 Å². The molecule has 4 rings (SSSR count). The van der Waals surface area contributed by atoms with E-state index >= 15 is 0 Å². The van der Waals surface area contributed by atoms with Crippen LogP contribution in [-0.2, 0) is 9.53 Å². The van der Waals surface area contributed by atoms with Gasteiger partial charge >= 0.3 is 0 Å². The quantitative estimate of drug-likeness (QED) is 0.890. The molecule has 1 aliphatic carbocycles. The number of benzene rings is 1. The fourth-order valence-electron chi connectivity index (χ4n) is 4.41. The van der Waals surface area contributed by atoms with E-state index in [0.717, 1.165) is 30.4 Å². The van der Waals surface area contributed by atoms with E-state index in [1.807, 2.05) is 44.2 Å². The van der Waals surface area contributed by atoms with Crippen molar-refractivity contribution in [1.29, 1.82) is 0 Å². The van der Waals surface area contributed by atoms with E-state index in [1.54, 1.807) is 6.20 Å². The first-order chi connectivity index (χ1) is 11.4. The second-order valence-corrected chi connectivity index (χ2v) is 7.50. The summed E-state index contributed by atoms with van der Waals surface area (Å²) >= 11 is 0. The van der Waals surface area contributed by atoms with E-state index in [2.05, 4.69) is 10.3 Å². The zero-order chi connectivity index (χ0) is 16.9. The number of rotatable bonds is 2. The number of pyridine rings is 1. The lowest BCUT2D eigenvalue weighted by atomic mass is 9.46. The monoisotopic (exact) mass is 325 g/mol. The predicted molar refractivity (Wildman–Crippen MR) is 93.5 cm³/mol. The lowest BCUT2D eigenvalue weighted by Crippen LogP contribution is -2.81. The van der Waals surface area contributed by atoms with E-state index in [1.165, 1.54) is 0 Å². The van der Waals surface area contributed by atoms with Gasteiger partial charge in [0.15, 0.2) is 0 Å². The maximum Gasteiger partial charge on any atom is 0.245 e. The van der Waals surface area contributed by atoms with Crippen LogP contribution >= 0.6 is 0 Å². The number of hydrogen-bond donors (Lipinski definition) is 2. The Kier molecular flexibility index (Phi) is 3.41. The number of nitrogens with zero attached hydrogens (tertiary/aromatic N) is 1. The number of hydrogen-bond acceptors (Lipinski definition) is 4. The van der Waals surface area contributed by atoms with E-state index in [0.29, 0.717) is 5.69 Å². The fourth-order valence-corrected chi connectivity index (χ4v) is 4.41. The van der Waals surface area contributed by atoms with Crippen LogP contribution in [0.5, 0.6) is 0 Å². The summed E-state index contributed by atoms with van der Waals surface area (Å²) in [6, 6.07) is 9.77. The number of carbonyl (C=O) groups is 1. The third kappa shape index (κ3) is 2.01. The molecule has 2 heterocycles. The summed E-state index contributed by atoms with van der Waals surface area (Å²) in [6.45, 7) is 4.81. The molecule has 24 heavy (non-hydrogen) atoms. The Bertz CT molecular complexity index is 804. The summed E-state index contributed by atoms with van der Waals surface area (Å²) < 4.78 is 5.87. The second kappa shape index (κ2) is 5.26. The average Bonchev–Trinajstić information content (AvgIpc) is 2.60. The molecule has 1 aromatic carbocycles. The van der Waals surface area contributed by atoms with Crippen molar-refractivity contribution in [3.8, 4) is 0 Å². The highest BCUT2D eigenvalue weighted by Crippen LogP contribution is 2.57. The minimum Gasteiger partial charge on any atom is -0.377 e. The van der Waals surface area contributed by atoms with Crippen LogP contribution < -0.4 is 11.1 Å². The Balaban J connectivity index is 1.60. The highest BCUT2D eigenvalue weighted by Gasteiger charge is 2.70. The van der Waals surface area contributed by atoms with Crippen LogP contribution in [0.4, 0.5) is 5.69 Å². The topological polar surface area (TPSA) is 77.2 Å². The molecule has 0 spiro atoms. The maximum absolute atomic E-state index is 13.0. The van der Waals surface area contributed by atoms with Crippen molar-refractivity contribution in [2.75, 3.05) is 11.9 Å². The number of amides is 1. The molecular formula is C19H23N3O2. The summed E-state index contributed by atoms with van der Waals surface area (Å²) in [5, 5.41) is 3.98. The maximum atomic E-state index is 13.0. The Labute approximate surface area is 141 Å². The van der Waals surface area contributed by atoms with Crippen LogP contribution in [-0.4, -0.2) is 29.1 Å². The van der Waals surface area contributed by atoms with E-state index in [-0.39, 0.29) is 23.3 Å². The molecule has 2 fully saturated rings. The number of para-hydroxylation sites is 1. The van der Waals surface area contributed by atoms with Gasteiger partial charge in [-0.1, -0.05) is 32.0 Å². The van der Waals surface area contributed by atoms with Crippen LogP contribution in [0, 0.1) is 11.3 Å². The van der Waals surface area contributed by atoms with Gasteiger partial charge in [-0.15, -0.1) is 0 Å². The van der Waals surface area contributed by atoms with Gasteiger partial charge in [-0.2, -0.15) is 0 Å². The summed E-state index contributed by atoms with van der Waals surface area (Å²) in [7, 11) is 0. The molecule has 126 valence electrons. The van der Waals surface area contributed by atoms with Crippen LogP contribution in [0.1, 0.15) is 26.7 Å². The normalized spacial score (nSPS) is 31.1. The summed E-state index contributed by atoms with van der Waals surface area (Å²) in [4.78, 5) is 17.4. The van der Waals surface area contributed by atoms with Crippen molar-refractivity contribution in [3.63, 3.8) is 0 Å². The molecular weight excluding hydrogens is 302 g/mol. The van der Waals surface area contributed by atoms with E-state index in [9.17, 15) is 4.79 Å². The second-order valence-electron chi connectivity index (χ2n) is 7.50. The standard InChI is InChI=1S/C19H23N3O2/c1-18(2)16-14(7-5-9-24-16)19(18,20)17(23)22-13-10-12-6-3-4-8-15(12)21-11-13/h3-4,6,8,10-11,14,16H,5,7,9,20H2,1-2H3,(H,22,23). The van der Waals surface area contributed by atoms with E-state index < -0.39 is 5.54 Å². The molecule has 1 aliphatic heterocycles. The van der Waals surface area contributed by atoms with Gasteiger partial charge in [-0.05, 0) is 25.0 Å². The molecule has 2 aromatic rings. The zero-order valence-corrected chi connectivity index (χ0v) is 14.1. The number of fused-ring (bicyclic) bond motifs is 2. The minimum absolute atomic E-state index is 0.0664. The zero-order valence-electron chi connectivity index (χ0n) is 14.1. The minimum atomic E-state index is -0.913. The summed E-state index contributed by atoms with van der Waals surface area (Å²) in [5.74, 6) is -0.0639. The van der Waals surface area contributed by atoms with Crippen molar-refractivity contribution in [2.24, 2.45) is 17.1 Å². The van der Waals surface area contributed by atoms with Crippen molar-refractivity contribution >= 4 is 22.5 Å². The van der Waals surface area contributed by atoms with Gasteiger partial charge in [0, 0.05) is 23.3 Å². The van der Waals surface area contributed by atoms with Crippen LogP contribution in [0.3, 0.4) is 0 Å². The Morgan fingerprint density at radius 2 is 2.17 bits per heavy atom. The molecule has 1 saturated heterocycles. The first-order valence-electron chi connectivity index (χ1n) is 8.51. The number of aromatic nitrogens is 1. The number of ether oxygens (including phenoxy) is 1. The molecule has 0 radical (unpaired) electrons. The van der Waals surface area contributed by atoms with Crippen LogP contribution in [0.15, 0.2) is 36.5 Å². The van der Waals surface area contributed by atoms with Gasteiger partial charge in [-0.25, -0.2) is 0 Å². The Morgan fingerprint density at radius 1 is 1.38 bits per heavy atom. The molecule has 5 nitrogen and oxygen atoms in total. The van der Waals surface area contributed by atoms with Gasteiger partial charge in [0.2, 0.25) is 5.91 Å². The Morgan fingerprint density at radius 3 is 3.00 bits per heavy atom. The highest BCUT2D eigenvalue weighted by atomic mass is 16.5. The third-order valence-corrected chi connectivity index (χ3v) is 5.91. The first-order valence-corrected chi connectivity index (χ1v) is 8.51. The SMILES string of the molecule is CC1(C)C2OCCCC2C1(N)C(=O)Nc1cnc2ccccc2c1. The number of nitrogens with one attached hydrogen (secondary N) is 1. The predicted octanol–water partition coefficient (Wildman–Crippen LogP) is 2.71.